The zero-order chi connectivity index (χ0) is 15.1. The first-order valence-corrected chi connectivity index (χ1v) is 5.97. The second-order valence-corrected chi connectivity index (χ2v) is 4.31. The van der Waals surface area contributed by atoms with Gasteiger partial charge in [0.05, 0.1) is 6.42 Å². The summed E-state index contributed by atoms with van der Waals surface area (Å²) in [5.74, 6) is -2.33. The Hall–Kier alpha value is -2.57. The minimum Gasteiger partial charge on any atom is -0.508 e. The molecule has 0 fully saturated rings. The van der Waals surface area contributed by atoms with E-state index in [0.717, 1.165) is 0 Å². The number of aliphatic carboxylic acids is 1. The van der Waals surface area contributed by atoms with Crippen LogP contribution in [0.1, 0.15) is 18.4 Å². The lowest BCUT2D eigenvalue weighted by molar-refractivity contribution is -0.142. The molecular formula is C13H16N2O5. The van der Waals surface area contributed by atoms with E-state index in [0.29, 0.717) is 5.56 Å². The molecule has 0 saturated carbocycles. The summed E-state index contributed by atoms with van der Waals surface area (Å²) >= 11 is 0. The fourth-order valence-electron chi connectivity index (χ4n) is 1.64. The second-order valence-electron chi connectivity index (χ2n) is 4.31. The molecule has 20 heavy (non-hydrogen) atoms. The molecule has 0 saturated heterocycles. The maximum Gasteiger partial charge on any atom is 0.326 e. The lowest BCUT2D eigenvalue weighted by Gasteiger charge is -2.13. The summed E-state index contributed by atoms with van der Waals surface area (Å²) in [6.07, 6.45) is -0.241. The van der Waals surface area contributed by atoms with Crippen LogP contribution in [-0.2, 0) is 20.8 Å². The average Bonchev–Trinajstić information content (AvgIpc) is 2.33. The Morgan fingerprint density at radius 1 is 1.30 bits per heavy atom. The van der Waals surface area contributed by atoms with Crippen molar-refractivity contribution in [3.05, 3.63) is 29.8 Å². The fraction of sp³-hybridized carbons (Fsp3) is 0.308. The van der Waals surface area contributed by atoms with Gasteiger partial charge in [0.25, 0.3) is 0 Å². The van der Waals surface area contributed by atoms with Crippen molar-refractivity contribution in [1.82, 2.24) is 5.32 Å². The second kappa shape index (κ2) is 7.13. The molecule has 2 amide bonds. The molecule has 1 rings (SSSR count). The van der Waals surface area contributed by atoms with Crippen molar-refractivity contribution in [3.8, 4) is 5.75 Å². The van der Waals surface area contributed by atoms with Crippen molar-refractivity contribution in [3.63, 3.8) is 0 Å². The van der Waals surface area contributed by atoms with Crippen LogP contribution in [0, 0.1) is 0 Å². The van der Waals surface area contributed by atoms with E-state index in [9.17, 15) is 19.5 Å². The number of benzene rings is 1. The molecule has 5 N–H and O–H groups in total. The molecule has 108 valence electrons. The van der Waals surface area contributed by atoms with Gasteiger partial charge in [-0.1, -0.05) is 12.1 Å². The Kier molecular flexibility index (Phi) is 5.52. The van der Waals surface area contributed by atoms with E-state index < -0.39 is 23.8 Å². The highest BCUT2D eigenvalue weighted by Gasteiger charge is 2.20. The highest BCUT2D eigenvalue weighted by Crippen LogP contribution is 2.11. The summed E-state index contributed by atoms with van der Waals surface area (Å²) in [6.45, 7) is 0. The first-order chi connectivity index (χ1) is 9.38. The number of phenolic OH excluding ortho intramolecular Hbond substituents is 1. The molecule has 1 atom stereocenters. The van der Waals surface area contributed by atoms with Crippen LogP contribution in [0.3, 0.4) is 0 Å². The highest BCUT2D eigenvalue weighted by molar-refractivity contribution is 5.85. The van der Waals surface area contributed by atoms with Crippen molar-refractivity contribution in [2.24, 2.45) is 5.73 Å². The molecule has 1 aromatic carbocycles. The summed E-state index contributed by atoms with van der Waals surface area (Å²) in [7, 11) is 0. The average molecular weight is 280 g/mol. The number of nitrogens with two attached hydrogens (primary N) is 1. The molecule has 0 aliphatic rings. The van der Waals surface area contributed by atoms with Crippen LogP contribution in [-0.4, -0.2) is 34.0 Å². The van der Waals surface area contributed by atoms with E-state index in [4.69, 9.17) is 10.8 Å². The van der Waals surface area contributed by atoms with Gasteiger partial charge in [-0.2, -0.15) is 0 Å². The third-order valence-corrected chi connectivity index (χ3v) is 2.59. The first-order valence-electron chi connectivity index (χ1n) is 5.97. The molecule has 0 heterocycles. The number of amides is 2. The van der Waals surface area contributed by atoms with Gasteiger partial charge in [-0.25, -0.2) is 4.79 Å². The van der Waals surface area contributed by atoms with E-state index in [2.05, 4.69) is 5.32 Å². The molecule has 0 aromatic heterocycles. The predicted octanol–water partition coefficient (Wildman–Crippen LogP) is -0.230. The number of aromatic hydroxyl groups is 1. The van der Waals surface area contributed by atoms with E-state index in [1.165, 1.54) is 12.1 Å². The SMILES string of the molecule is NC(=O)CC[C@@H](NC(=O)Cc1cccc(O)c1)C(=O)O. The van der Waals surface area contributed by atoms with Gasteiger partial charge < -0.3 is 21.3 Å². The third kappa shape index (κ3) is 5.38. The van der Waals surface area contributed by atoms with Gasteiger partial charge in [0, 0.05) is 6.42 Å². The van der Waals surface area contributed by atoms with Crippen LogP contribution >= 0.6 is 0 Å². The Labute approximate surface area is 115 Å². The molecule has 0 aliphatic heterocycles. The largest absolute Gasteiger partial charge is 0.508 e. The summed E-state index contributed by atoms with van der Waals surface area (Å²) < 4.78 is 0. The first kappa shape index (κ1) is 15.5. The van der Waals surface area contributed by atoms with Gasteiger partial charge in [0.1, 0.15) is 11.8 Å². The van der Waals surface area contributed by atoms with Crippen LogP contribution in [0.4, 0.5) is 0 Å². The maximum absolute atomic E-state index is 11.7. The zero-order valence-corrected chi connectivity index (χ0v) is 10.7. The fourth-order valence-corrected chi connectivity index (χ4v) is 1.64. The van der Waals surface area contributed by atoms with Gasteiger partial charge in [-0.3, -0.25) is 9.59 Å². The summed E-state index contributed by atoms with van der Waals surface area (Å²) in [6, 6.07) is 4.94. The maximum atomic E-state index is 11.7. The number of hydrogen-bond acceptors (Lipinski definition) is 4. The van der Waals surface area contributed by atoms with Crippen molar-refractivity contribution in [2.45, 2.75) is 25.3 Å². The number of carboxylic acid groups (broad SMARTS) is 1. The van der Waals surface area contributed by atoms with E-state index >= 15 is 0 Å². The Morgan fingerprint density at radius 3 is 2.55 bits per heavy atom. The molecule has 7 nitrogen and oxygen atoms in total. The Bertz CT molecular complexity index is 515. The predicted molar refractivity (Wildman–Crippen MR) is 69.8 cm³/mol. The number of hydrogen-bond donors (Lipinski definition) is 4. The topological polar surface area (TPSA) is 130 Å². The van der Waals surface area contributed by atoms with Crippen LogP contribution < -0.4 is 11.1 Å². The summed E-state index contributed by atoms with van der Waals surface area (Å²) in [5.41, 5.74) is 5.50. The Morgan fingerprint density at radius 2 is 2.00 bits per heavy atom. The molecular weight excluding hydrogens is 264 g/mol. The van der Waals surface area contributed by atoms with E-state index in [1.807, 2.05) is 0 Å². The van der Waals surface area contributed by atoms with E-state index in [1.54, 1.807) is 12.1 Å². The number of phenols is 1. The minimum atomic E-state index is -1.23. The molecule has 7 heteroatoms. The van der Waals surface area contributed by atoms with Crippen LogP contribution in [0.25, 0.3) is 0 Å². The molecule has 0 unspecified atom stereocenters. The standard InChI is InChI=1S/C13H16N2O5/c14-11(17)5-4-10(13(19)20)15-12(18)7-8-2-1-3-9(16)6-8/h1-3,6,10,16H,4-5,7H2,(H2,14,17)(H,15,18)(H,19,20)/t10-/m1/s1. The number of nitrogens with one attached hydrogen (secondary N) is 1. The summed E-state index contributed by atoms with van der Waals surface area (Å²) in [5, 5.41) is 20.5. The molecule has 0 spiro atoms. The summed E-state index contributed by atoms with van der Waals surface area (Å²) in [4.78, 5) is 33.3. The quantitative estimate of drug-likeness (QED) is 0.548. The van der Waals surface area contributed by atoms with Crippen molar-refractivity contribution in [1.29, 1.82) is 0 Å². The van der Waals surface area contributed by atoms with Crippen molar-refractivity contribution >= 4 is 17.8 Å². The number of carboxylic acids is 1. The third-order valence-electron chi connectivity index (χ3n) is 2.59. The smallest absolute Gasteiger partial charge is 0.326 e. The zero-order valence-electron chi connectivity index (χ0n) is 10.7. The van der Waals surface area contributed by atoms with Gasteiger partial charge >= 0.3 is 5.97 Å². The normalized spacial score (nSPS) is 11.6. The minimum absolute atomic E-state index is 0.0267. The molecule has 0 radical (unpaired) electrons. The lowest BCUT2D eigenvalue weighted by atomic mass is 10.1. The van der Waals surface area contributed by atoms with Gasteiger partial charge in [0.15, 0.2) is 0 Å². The number of primary amides is 1. The number of rotatable bonds is 7. The van der Waals surface area contributed by atoms with Crippen LogP contribution in [0.5, 0.6) is 5.75 Å². The van der Waals surface area contributed by atoms with Crippen molar-refractivity contribution in [2.75, 3.05) is 0 Å². The van der Waals surface area contributed by atoms with Gasteiger partial charge in [-0.15, -0.1) is 0 Å². The number of carbonyl (C=O) groups excluding carboxylic acids is 2. The van der Waals surface area contributed by atoms with Crippen LogP contribution in [0.15, 0.2) is 24.3 Å². The van der Waals surface area contributed by atoms with Gasteiger partial charge in [-0.05, 0) is 24.1 Å². The number of carbonyl (C=O) groups is 3. The Balaban J connectivity index is 2.57. The van der Waals surface area contributed by atoms with Gasteiger partial charge in [0.2, 0.25) is 11.8 Å². The molecule has 0 aliphatic carbocycles. The molecule has 0 bridgehead atoms. The van der Waals surface area contributed by atoms with Crippen LogP contribution in [0.2, 0.25) is 0 Å². The highest BCUT2D eigenvalue weighted by atomic mass is 16.4. The molecule has 1 aromatic rings. The van der Waals surface area contributed by atoms with E-state index in [-0.39, 0.29) is 25.0 Å². The van der Waals surface area contributed by atoms with Crippen molar-refractivity contribution < 1.29 is 24.6 Å². The monoisotopic (exact) mass is 280 g/mol. The lowest BCUT2D eigenvalue weighted by Crippen LogP contribution is -2.42.